The second-order valence-electron chi connectivity index (χ2n) is 16.2. The number of likely N-dealkylation sites (tertiary alicyclic amines) is 1. The number of hydrogen-bond acceptors (Lipinski definition) is 11. The van der Waals surface area contributed by atoms with Gasteiger partial charge in [-0.25, -0.2) is 9.97 Å². The predicted molar refractivity (Wildman–Crippen MR) is 222 cm³/mol. The van der Waals surface area contributed by atoms with Crippen molar-refractivity contribution in [2.24, 2.45) is 5.41 Å². The highest BCUT2D eigenvalue weighted by molar-refractivity contribution is 5.98. The third-order valence-electron chi connectivity index (χ3n) is 11.1. The van der Waals surface area contributed by atoms with Crippen LogP contribution in [0.3, 0.4) is 0 Å². The van der Waals surface area contributed by atoms with Gasteiger partial charge in [0.2, 0.25) is 29.6 Å². The average molecular weight is 793 g/mol. The van der Waals surface area contributed by atoms with Crippen molar-refractivity contribution in [3.05, 3.63) is 71.7 Å². The molecule has 0 radical (unpaired) electrons. The number of piperidine rings is 2. The molecule has 1 aromatic carbocycles. The van der Waals surface area contributed by atoms with E-state index in [9.17, 15) is 24.0 Å². The number of carbonyl (C=O) groups excluding carboxylic acids is 5. The van der Waals surface area contributed by atoms with E-state index in [1.165, 1.54) is 69.4 Å². The zero-order valence-corrected chi connectivity index (χ0v) is 34.3. The third-order valence-corrected chi connectivity index (χ3v) is 11.1. The van der Waals surface area contributed by atoms with Crippen molar-refractivity contribution < 1.29 is 24.0 Å². The summed E-state index contributed by atoms with van der Waals surface area (Å²) in [6, 6.07) is 15.3. The first kappa shape index (κ1) is 41.9. The second-order valence-corrected chi connectivity index (χ2v) is 16.2. The van der Waals surface area contributed by atoms with Crippen LogP contribution in [-0.4, -0.2) is 99.1 Å². The van der Waals surface area contributed by atoms with E-state index in [1.807, 2.05) is 29.8 Å². The molecule has 0 bridgehead atoms. The molecule has 15 nitrogen and oxygen atoms in total. The fraction of sp³-hybridized carbons (Fsp3) is 0.488. The van der Waals surface area contributed by atoms with E-state index < -0.39 is 0 Å². The normalized spacial score (nSPS) is 17.6. The number of amides is 5. The Labute approximate surface area is 340 Å². The number of benzene rings is 1. The van der Waals surface area contributed by atoms with Crippen molar-refractivity contribution in [1.29, 1.82) is 0 Å². The Hall–Kier alpha value is -5.70. The summed E-state index contributed by atoms with van der Waals surface area (Å²) in [5.74, 6) is 0.311. The van der Waals surface area contributed by atoms with Crippen molar-refractivity contribution in [2.45, 2.75) is 91.1 Å². The molecule has 1 saturated carbocycles. The lowest BCUT2D eigenvalue weighted by atomic mass is 9.72. The van der Waals surface area contributed by atoms with Gasteiger partial charge in [-0.05, 0) is 79.8 Å². The monoisotopic (exact) mass is 792 g/mol. The van der Waals surface area contributed by atoms with E-state index in [0.717, 1.165) is 49.3 Å². The molecular weight excluding hydrogens is 737 g/mol. The summed E-state index contributed by atoms with van der Waals surface area (Å²) in [6.45, 7) is 10.3. The Balaban J connectivity index is 0.000000319. The minimum absolute atomic E-state index is 0.00231. The Morgan fingerprint density at radius 3 is 2.14 bits per heavy atom. The molecule has 4 fully saturated rings. The molecule has 3 saturated heterocycles. The summed E-state index contributed by atoms with van der Waals surface area (Å²) < 4.78 is 2.14. The minimum Gasteiger partial charge on any atom is -0.371 e. The molecule has 8 rings (SSSR count). The highest BCUT2D eigenvalue weighted by Gasteiger charge is 2.44. The molecule has 15 heteroatoms. The number of fused-ring (bicyclic) bond motifs is 1. The number of aryl methyl sites for hydroxylation is 1. The smallest absolute Gasteiger partial charge is 0.270 e. The number of carbonyl (C=O) groups is 5. The Bertz CT molecular complexity index is 2080. The quantitative estimate of drug-likeness (QED) is 0.208. The Morgan fingerprint density at radius 1 is 0.897 bits per heavy atom. The fourth-order valence-corrected chi connectivity index (χ4v) is 8.29. The van der Waals surface area contributed by atoms with Gasteiger partial charge < -0.3 is 19.7 Å². The van der Waals surface area contributed by atoms with Crippen molar-refractivity contribution in [1.82, 2.24) is 40.0 Å². The van der Waals surface area contributed by atoms with Crippen molar-refractivity contribution in [3.63, 3.8) is 0 Å². The standard InChI is InChI=1S/C34H42N8O.C5H7NO2.C4H7NO2/c1-24-7-6-10-28(17-24)41-15-13-34(14-16-41)22-40(23-34)21-25-11-12-30(35-19-25)37-33-36-20-26-18-29(32(43)39(2)3)42(31(26)38-33)27-8-4-5-9-27;7-4-2-1-3-5(8)6-4;1-3(6)5-4(2)7/h6-7,10-12,17-20,27H,4-5,8-9,13-16,21-23H2,1-3H3,(H,35,36,37,38);1-3H2,(H,6,7,8);1-2H3,(H,5,6,7). The lowest BCUT2D eigenvalue weighted by molar-refractivity contribution is -0.133. The summed E-state index contributed by atoms with van der Waals surface area (Å²) in [5, 5.41) is 8.41. The molecule has 4 aliphatic rings. The fourth-order valence-electron chi connectivity index (χ4n) is 8.29. The molecule has 0 unspecified atom stereocenters. The van der Waals surface area contributed by atoms with Gasteiger partial charge in [0.25, 0.3) is 5.91 Å². The van der Waals surface area contributed by atoms with Crippen LogP contribution in [0, 0.1) is 12.3 Å². The lowest BCUT2D eigenvalue weighted by Gasteiger charge is -2.54. The summed E-state index contributed by atoms with van der Waals surface area (Å²) in [4.78, 5) is 74.3. The molecule has 5 amide bonds. The number of pyridine rings is 1. The minimum atomic E-state index is -0.312. The number of hydrogen-bond donors (Lipinski definition) is 3. The van der Waals surface area contributed by atoms with Crippen LogP contribution in [0.4, 0.5) is 17.5 Å². The SMILES string of the molecule is CC(=O)NC(C)=O.Cc1cccc(N2CCC3(CC2)CN(Cc2ccc(Nc4ncc5cc(C(=O)N(C)C)n(C6CCCC6)c5n4)nc2)C3)c1.O=C1CCCC(=O)N1. The molecule has 3 aromatic heterocycles. The number of aromatic nitrogens is 4. The van der Waals surface area contributed by atoms with Gasteiger partial charge in [-0.3, -0.25) is 39.5 Å². The van der Waals surface area contributed by atoms with Crippen molar-refractivity contribution in [2.75, 3.05) is 50.5 Å². The van der Waals surface area contributed by atoms with Crippen LogP contribution in [0.2, 0.25) is 0 Å². The van der Waals surface area contributed by atoms with Gasteiger partial charge in [0.05, 0.1) is 0 Å². The maximum absolute atomic E-state index is 13.0. The number of rotatable bonds is 7. The Morgan fingerprint density at radius 2 is 1.59 bits per heavy atom. The van der Waals surface area contributed by atoms with E-state index in [4.69, 9.17) is 4.98 Å². The van der Waals surface area contributed by atoms with Gasteiger partial charge in [-0.1, -0.05) is 31.0 Å². The second kappa shape index (κ2) is 18.7. The van der Waals surface area contributed by atoms with Crippen LogP contribution in [0.25, 0.3) is 11.0 Å². The van der Waals surface area contributed by atoms with Crippen molar-refractivity contribution >= 4 is 58.0 Å². The molecule has 1 aliphatic carbocycles. The molecule has 1 spiro atoms. The summed E-state index contributed by atoms with van der Waals surface area (Å²) >= 11 is 0. The van der Waals surface area contributed by atoms with Crippen LogP contribution < -0.4 is 20.9 Å². The number of anilines is 3. The summed E-state index contributed by atoms with van der Waals surface area (Å²) in [5.41, 5.74) is 5.88. The van der Waals surface area contributed by atoms with Crippen LogP contribution >= 0.6 is 0 Å². The van der Waals surface area contributed by atoms with E-state index in [1.54, 1.807) is 19.0 Å². The molecule has 3 aliphatic heterocycles. The zero-order valence-electron chi connectivity index (χ0n) is 34.3. The van der Waals surface area contributed by atoms with E-state index in [2.05, 4.69) is 72.2 Å². The molecule has 3 N–H and O–H groups in total. The van der Waals surface area contributed by atoms with Gasteiger partial charge >= 0.3 is 0 Å². The van der Waals surface area contributed by atoms with E-state index in [0.29, 0.717) is 36.3 Å². The molecule has 308 valence electrons. The lowest BCUT2D eigenvalue weighted by Crippen LogP contribution is -2.59. The van der Waals surface area contributed by atoms with Crippen LogP contribution in [0.1, 0.15) is 99.3 Å². The Kier molecular flexibility index (Phi) is 13.5. The van der Waals surface area contributed by atoms with E-state index >= 15 is 0 Å². The van der Waals surface area contributed by atoms with Gasteiger partial charge in [-0.15, -0.1) is 0 Å². The van der Waals surface area contributed by atoms with Gasteiger partial charge in [0.1, 0.15) is 17.2 Å². The number of imide groups is 2. The largest absolute Gasteiger partial charge is 0.371 e. The van der Waals surface area contributed by atoms with E-state index in [-0.39, 0.29) is 35.6 Å². The van der Waals surface area contributed by atoms with Gasteiger partial charge in [-0.2, -0.15) is 4.98 Å². The predicted octanol–water partition coefficient (Wildman–Crippen LogP) is 5.28. The van der Waals surface area contributed by atoms with Gasteiger partial charge in [0, 0.05) is 103 Å². The highest BCUT2D eigenvalue weighted by atomic mass is 16.2. The number of nitrogens with zero attached hydrogens (tertiary/aromatic N) is 7. The van der Waals surface area contributed by atoms with Crippen molar-refractivity contribution in [3.8, 4) is 0 Å². The molecule has 58 heavy (non-hydrogen) atoms. The zero-order chi connectivity index (χ0) is 41.4. The van der Waals surface area contributed by atoms with Gasteiger partial charge in [0.15, 0.2) is 0 Å². The average Bonchev–Trinajstić information content (AvgIpc) is 3.83. The van der Waals surface area contributed by atoms with Crippen LogP contribution in [0.15, 0.2) is 54.9 Å². The maximum Gasteiger partial charge on any atom is 0.270 e. The van der Waals surface area contributed by atoms with Crippen LogP contribution in [0.5, 0.6) is 0 Å². The third kappa shape index (κ3) is 10.8. The van der Waals surface area contributed by atoms with Crippen LogP contribution in [-0.2, 0) is 25.7 Å². The molecule has 6 heterocycles. The number of nitrogens with one attached hydrogen (secondary N) is 3. The summed E-state index contributed by atoms with van der Waals surface area (Å²) in [7, 11) is 3.59. The molecular formula is C43H56N10O5. The maximum atomic E-state index is 13.0. The molecule has 4 aromatic rings. The first-order valence-electron chi connectivity index (χ1n) is 20.2. The first-order valence-corrected chi connectivity index (χ1v) is 20.2. The summed E-state index contributed by atoms with van der Waals surface area (Å²) in [6.07, 6.45) is 12.5. The first-order chi connectivity index (χ1) is 27.8. The topological polar surface area (TPSA) is 175 Å². The molecule has 0 atom stereocenters. The highest BCUT2D eigenvalue weighted by Crippen LogP contribution is 2.42.